The highest BCUT2D eigenvalue weighted by atomic mass is 16.4. The van der Waals surface area contributed by atoms with Crippen LogP contribution in [0.25, 0.3) is 6.20 Å². The molecule has 1 heterocycles. The summed E-state index contributed by atoms with van der Waals surface area (Å²) in [6.07, 6.45) is 1.78. The maximum Gasteiger partial charge on any atom is 0.365 e. The number of aliphatic carboxylic acids is 1. The van der Waals surface area contributed by atoms with E-state index in [9.17, 15) is 9.59 Å². The normalized spacial score (nSPS) is 10.5. The van der Waals surface area contributed by atoms with Crippen molar-refractivity contribution in [2.75, 3.05) is 0 Å². The molecule has 1 aromatic rings. The van der Waals surface area contributed by atoms with Gasteiger partial charge in [-0.15, -0.1) is 0 Å². The van der Waals surface area contributed by atoms with Crippen molar-refractivity contribution in [2.24, 2.45) is 0 Å². The zero-order chi connectivity index (χ0) is 8.27. The molecule has 2 N–H and O–H groups in total. The van der Waals surface area contributed by atoms with Crippen molar-refractivity contribution in [3.8, 4) is 0 Å². The van der Waals surface area contributed by atoms with Crippen molar-refractivity contribution in [2.45, 2.75) is 0 Å². The van der Waals surface area contributed by atoms with Crippen LogP contribution in [0.15, 0.2) is 10.9 Å². The lowest BCUT2D eigenvalue weighted by Gasteiger charge is -1.80. The van der Waals surface area contributed by atoms with E-state index < -0.39 is 11.7 Å². The van der Waals surface area contributed by atoms with Crippen molar-refractivity contribution in [3.63, 3.8) is 0 Å². The van der Waals surface area contributed by atoms with Crippen LogP contribution in [-0.2, 0) is 4.79 Å². The van der Waals surface area contributed by atoms with Crippen molar-refractivity contribution in [1.29, 1.82) is 0 Å². The lowest BCUT2D eigenvalue weighted by Crippen LogP contribution is -2.12. The number of aromatic amines is 1. The lowest BCUT2D eigenvalue weighted by molar-refractivity contribution is -0.131. The van der Waals surface area contributed by atoms with Gasteiger partial charge in [-0.3, -0.25) is 0 Å². The van der Waals surface area contributed by atoms with Crippen LogP contribution < -0.4 is 5.69 Å². The van der Waals surface area contributed by atoms with E-state index in [0.717, 1.165) is 17.0 Å². The molecule has 0 atom stereocenters. The fourth-order valence-electron chi connectivity index (χ4n) is 0.437. The minimum atomic E-state index is -1.15. The minimum Gasteiger partial charge on any atom is -0.478 e. The van der Waals surface area contributed by atoms with Gasteiger partial charge in [0.2, 0.25) is 0 Å². The number of tetrazole rings is 1. The first-order valence-corrected chi connectivity index (χ1v) is 2.61. The van der Waals surface area contributed by atoms with E-state index in [4.69, 9.17) is 5.11 Å². The molecule has 0 fully saturated rings. The molecule has 58 valence electrons. The predicted molar refractivity (Wildman–Crippen MR) is 33.6 cm³/mol. The summed E-state index contributed by atoms with van der Waals surface area (Å²) in [6.45, 7) is 0. The van der Waals surface area contributed by atoms with Gasteiger partial charge in [0.25, 0.3) is 0 Å². The molecule has 0 saturated carbocycles. The highest BCUT2D eigenvalue weighted by molar-refractivity contribution is 5.82. The smallest absolute Gasteiger partial charge is 0.365 e. The van der Waals surface area contributed by atoms with Gasteiger partial charge in [0.1, 0.15) is 0 Å². The Kier molecular flexibility index (Phi) is 1.81. The number of aromatic nitrogens is 4. The summed E-state index contributed by atoms with van der Waals surface area (Å²) in [7, 11) is 0. The van der Waals surface area contributed by atoms with Gasteiger partial charge in [0.05, 0.1) is 0 Å². The fraction of sp³-hybridized carbons (Fsp3) is 0. The van der Waals surface area contributed by atoms with Crippen LogP contribution in [0.3, 0.4) is 0 Å². The summed E-state index contributed by atoms with van der Waals surface area (Å²) in [5.74, 6) is -1.15. The predicted octanol–water partition coefficient (Wildman–Crippen LogP) is -1.48. The first-order chi connectivity index (χ1) is 5.20. The second-order valence-corrected chi connectivity index (χ2v) is 1.60. The Morgan fingerprint density at radius 1 is 1.73 bits per heavy atom. The maximum absolute atomic E-state index is 10.6. The van der Waals surface area contributed by atoms with Crippen LogP contribution in [0.2, 0.25) is 0 Å². The standard InChI is InChI=1S/C4H4N4O3/c9-3(10)1-2-8-4(11)5-6-7-8/h1-2H,(H,9,10)(H,5,7,11). The molecule has 7 nitrogen and oxygen atoms in total. The topological polar surface area (TPSA) is 101 Å². The summed E-state index contributed by atoms with van der Waals surface area (Å²) >= 11 is 0. The largest absolute Gasteiger partial charge is 0.478 e. The van der Waals surface area contributed by atoms with E-state index in [1.807, 2.05) is 5.10 Å². The number of carboxylic acid groups (broad SMARTS) is 1. The van der Waals surface area contributed by atoms with Gasteiger partial charge in [0, 0.05) is 12.3 Å². The first kappa shape index (κ1) is 7.19. The Bertz CT molecular complexity index is 335. The molecule has 0 amide bonds. The molecular weight excluding hydrogens is 152 g/mol. The molecule has 1 aromatic heterocycles. The number of rotatable bonds is 2. The van der Waals surface area contributed by atoms with Gasteiger partial charge in [-0.05, 0) is 10.4 Å². The molecular formula is C4H4N4O3. The highest BCUT2D eigenvalue weighted by Crippen LogP contribution is 1.74. The summed E-state index contributed by atoms with van der Waals surface area (Å²) in [5.41, 5.74) is -0.581. The SMILES string of the molecule is O=C(O)C=Cn1nn[nH]c1=O. The lowest BCUT2D eigenvalue weighted by atomic mass is 10.6. The molecule has 0 unspecified atom stereocenters. The molecule has 0 aliphatic carbocycles. The molecule has 0 radical (unpaired) electrons. The molecule has 1 rings (SSSR count). The minimum absolute atomic E-state index is 0.581. The number of hydrogen-bond acceptors (Lipinski definition) is 4. The average Bonchev–Trinajstić information content (AvgIpc) is 2.31. The second-order valence-electron chi connectivity index (χ2n) is 1.60. The van der Waals surface area contributed by atoms with Crippen LogP contribution >= 0.6 is 0 Å². The van der Waals surface area contributed by atoms with Gasteiger partial charge >= 0.3 is 11.7 Å². The maximum atomic E-state index is 10.6. The number of hydrogen-bond donors (Lipinski definition) is 2. The third-order valence-electron chi connectivity index (χ3n) is 0.853. The van der Waals surface area contributed by atoms with Crippen molar-refractivity contribution in [3.05, 3.63) is 16.6 Å². The number of carboxylic acids is 1. The van der Waals surface area contributed by atoms with Crippen LogP contribution in [0.1, 0.15) is 0 Å². The number of H-pyrrole nitrogens is 1. The van der Waals surface area contributed by atoms with E-state index in [1.54, 1.807) is 0 Å². The van der Waals surface area contributed by atoms with Crippen LogP contribution in [0.5, 0.6) is 0 Å². The highest BCUT2D eigenvalue weighted by Gasteiger charge is 1.92. The summed E-state index contributed by atoms with van der Waals surface area (Å²) in [6, 6.07) is 0. The number of nitrogens with one attached hydrogen (secondary N) is 1. The fourth-order valence-corrected chi connectivity index (χ4v) is 0.437. The van der Waals surface area contributed by atoms with Gasteiger partial charge < -0.3 is 5.11 Å². The van der Waals surface area contributed by atoms with Gasteiger partial charge in [-0.2, -0.15) is 4.68 Å². The average molecular weight is 156 g/mol. The van der Waals surface area contributed by atoms with Crippen molar-refractivity contribution in [1.82, 2.24) is 20.2 Å². The second kappa shape index (κ2) is 2.78. The molecule has 0 aliphatic rings. The third kappa shape index (κ3) is 1.75. The molecule has 0 aromatic carbocycles. The Labute approximate surface area is 59.9 Å². The molecule has 11 heavy (non-hydrogen) atoms. The molecule has 0 bridgehead atoms. The van der Waals surface area contributed by atoms with Crippen LogP contribution in [0.4, 0.5) is 0 Å². The first-order valence-electron chi connectivity index (χ1n) is 2.61. The molecule has 0 aliphatic heterocycles. The summed E-state index contributed by atoms with van der Waals surface area (Å²) in [5, 5.41) is 16.5. The molecule has 0 saturated heterocycles. The molecule has 7 heteroatoms. The van der Waals surface area contributed by atoms with Crippen molar-refractivity contribution >= 4 is 12.2 Å². The van der Waals surface area contributed by atoms with Gasteiger partial charge in [0.15, 0.2) is 0 Å². The van der Waals surface area contributed by atoms with E-state index in [1.165, 1.54) is 0 Å². The van der Waals surface area contributed by atoms with Crippen LogP contribution in [-0.4, -0.2) is 31.3 Å². The van der Waals surface area contributed by atoms with Gasteiger partial charge in [-0.25, -0.2) is 14.7 Å². The monoisotopic (exact) mass is 156 g/mol. The third-order valence-corrected chi connectivity index (χ3v) is 0.853. The van der Waals surface area contributed by atoms with E-state index in [0.29, 0.717) is 0 Å². The Morgan fingerprint density at radius 2 is 2.45 bits per heavy atom. The summed E-state index contributed by atoms with van der Waals surface area (Å²) < 4.78 is 0.772. The quantitative estimate of drug-likeness (QED) is 0.508. The Morgan fingerprint density at radius 3 is 2.91 bits per heavy atom. The number of nitrogens with zero attached hydrogens (tertiary/aromatic N) is 3. The summed E-state index contributed by atoms with van der Waals surface area (Å²) in [4.78, 5) is 20.5. The van der Waals surface area contributed by atoms with Crippen molar-refractivity contribution < 1.29 is 9.90 Å². The zero-order valence-electron chi connectivity index (χ0n) is 5.26. The Balaban J connectivity index is 2.88. The van der Waals surface area contributed by atoms with Gasteiger partial charge in [-0.1, -0.05) is 0 Å². The number of carbonyl (C=O) groups is 1. The van der Waals surface area contributed by atoms with Crippen LogP contribution in [0, 0.1) is 0 Å². The van der Waals surface area contributed by atoms with E-state index in [-0.39, 0.29) is 0 Å². The van der Waals surface area contributed by atoms with E-state index in [2.05, 4.69) is 10.4 Å². The zero-order valence-corrected chi connectivity index (χ0v) is 5.26. The molecule has 0 spiro atoms. The Hall–Kier alpha value is -1.92. The van der Waals surface area contributed by atoms with E-state index >= 15 is 0 Å².